The van der Waals surface area contributed by atoms with Gasteiger partial charge in [-0.1, -0.05) is 36.4 Å². The topological polar surface area (TPSA) is 893 Å². The number of nitrogens with zero attached hydrogens (tertiary/aromatic N) is 17. The summed E-state index contributed by atoms with van der Waals surface area (Å²) in [6.07, 6.45) is -23.2. The third-order valence-corrected chi connectivity index (χ3v) is 29.0. The van der Waals surface area contributed by atoms with Crippen LogP contribution >= 0.6 is 46.9 Å². The maximum atomic E-state index is 14.8. The Morgan fingerprint density at radius 3 is 1.04 bits per heavy atom. The third-order valence-electron chi connectivity index (χ3n) is 23.0. The molecule has 11 aromatic heterocycles. The molecule has 17 heterocycles. The van der Waals surface area contributed by atoms with Crippen LogP contribution in [0, 0.1) is 6.92 Å². The first kappa shape index (κ1) is 97.4. The fourth-order valence-electron chi connectivity index (χ4n) is 16.6. The Kier molecular flexibility index (Phi) is 26.5. The second kappa shape index (κ2) is 38.1. The molecule has 0 aliphatic carbocycles. The largest absolute Gasteiger partial charge is 0.527 e. The van der Waals surface area contributed by atoms with Crippen molar-refractivity contribution in [3.8, 4) is 5.75 Å². The first-order chi connectivity index (χ1) is 66.5. The van der Waals surface area contributed by atoms with Gasteiger partial charge in [0.1, 0.15) is 122 Å². The van der Waals surface area contributed by atoms with E-state index in [0.717, 1.165) is 49.8 Å². The molecular formula is C70H81N27O37P6. The van der Waals surface area contributed by atoms with Gasteiger partial charge in [-0.15, -0.1) is 0 Å². The highest BCUT2D eigenvalue weighted by Gasteiger charge is 2.53. The van der Waals surface area contributed by atoms with Gasteiger partial charge in [0.05, 0.1) is 77.4 Å². The molecule has 6 saturated heterocycles. The average Bonchev–Trinajstić information content (AvgIpc) is 1.63. The van der Waals surface area contributed by atoms with E-state index >= 15 is 0 Å². The summed E-state index contributed by atoms with van der Waals surface area (Å²) in [6.45, 7) is -4.88. The number of phosphoric ester groups is 6. The minimum absolute atomic E-state index is 0.00430. The second-order valence-corrected chi connectivity index (χ2v) is 40.7. The van der Waals surface area contributed by atoms with Crippen LogP contribution in [0.25, 0.3) is 66.6 Å². The summed E-state index contributed by atoms with van der Waals surface area (Å²) in [4.78, 5) is 204. The van der Waals surface area contributed by atoms with Gasteiger partial charge in [-0.3, -0.25) is 131 Å². The third kappa shape index (κ3) is 20.7. The zero-order valence-corrected chi connectivity index (χ0v) is 76.9. The highest BCUT2D eigenvalue weighted by Crippen LogP contribution is 2.58. The van der Waals surface area contributed by atoms with Crippen LogP contribution in [0.4, 0.5) is 29.6 Å². The maximum absolute atomic E-state index is 14.8. The van der Waals surface area contributed by atoms with Crippen LogP contribution in [0.2, 0.25) is 0 Å². The van der Waals surface area contributed by atoms with Gasteiger partial charge in [-0.25, -0.2) is 67.1 Å². The minimum atomic E-state index is -5.72. The molecule has 140 heavy (non-hydrogen) atoms. The normalized spacial score (nSPS) is 27.7. The summed E-state index contributed by atoms with van der Waals surface area (Å²) >= 11 is 0. The Morgan fingerprint density at radius 2 is 0.671 bits per heavy atom. The quantitative estimate of drug-likeness (QED) is 0.0231. The van der Waals surface area contributed by atoms with Crippen LogP contribution in [-0.2, 0) is 106 Å². The lowest BCUT2D eigenvalue weighted by Crippen LogP contribution is -2.33. The minimum Gasteiger partial charge on any atom is -0.403 e. The number of H-pyrrole nitrogens is 5. The number of hydrogen-bond donors (Lipinski definition) is 17. The van der Waals surface area contributed by atoms with Crippen molar-refractivity contribution in [1.82, 2.24) is 107 Å². The number of rotatable bonds is 36. The molecule has 0 amide bonds. The van der Waals surface area contributed by atoms with Crippen molar-refractivity contribution in [1.29, 1.82) is 0 Å². The van der Waals surface area contributed by atoms with Crippen molar-refractivity contribution >= 4 is 143 Å². The Hall–Kier alpha value is -11.5. The number of imidazole rings is 5. The molecule has 70 heteroatoms. The number of aryl methyl sites for hydroxylation is 1. The van der Waals surface area contributed by atoms with Crippen molar-refractivity contribution in [2.24, 2.45) is 0 Å². The van der Waals surface area contributed by atoms with Gasteiger partial charge in [-0.05, 0) is 18.4 Å². The Balaban J connectivity index is 0.551. The number of aliphatic hydroxyl groups is 1. The number of ether oxygens (including phenoxy) is 6. The van der Waals surface area contributed by atoms with Crippen LogP contribution in [0.1, 0.15) is 81.5 Å². The predicted molar refractivity (Wildman–Crippen MR) is 467 cm³/mol. The van der Waals surface area contributed by atoms with E-state index in [0.29, 0.717) is 10.8 Å². The van der Waals surface area contributed by atoms with E-state index in [2.05, 4.69) is 79.7 Å². The molecule has 6 aliphatic heterocycles. The van der Waals surface area contributed by atoms with Crippen LogP contribution in [0.3, 0.4) is 0 Å². The van der Waals surface area contributed by atoms with Crippen LogP contribution < -0.4 is 66.7 Å². The van der Waals surface area contributed by atoms with Crippen LogP contribution in [0.15, 0.2) is 115 Å². The highest BCUT2D eigenvalue weighted by atomic mass is 31.2. The number of hydrogen-bond acceptors (Lipinski definition) is 47. The molecule has 22 N–H and O–H groups in total. The average molecular weight is 2080 g/mol. The summed E-state index contributed by atoms with van der Waals surface area (Å²) in [5, 5.41) is 12.1. The van der Waals surface area contributed by atoms with Crippen molar-refractivity contribution in [3.63, 3.8) is 0 Å². The molecule has 748 valence electrons. The van der Waals surface area contributed by atoms with Gasteiger partial charge in [0.15, 0.2) is 56.1 Å². The lowest BCUT2D eigenvalue weighted by molar-refractivity contribution is -0.0638. The zero-order valence-electron chi connectivity index (χ0n) is 71.5. The summed E-state index contributed by atoms with van der Waals surface area (Å²) in [6, 6.07) is 11.3. The van der Waals surface area contributed by atoms with Gasteiger partial charge >= 0.3 is 52.6 Å². The fraction of sp³-hybridized carbons (Fsp3) is 0.443. The number of nitrogen functional groups attached to an aromatic ring is 5. The van der Waals surface area contributed by atoms with E-state index in [-0.39, 0.29) is 91.7 Å². The molecule has 19 rings (SSSR count). The lowest BCUT2D eigenvalue weighted by atomic mass is 10.1. The number of nitrogens with one attached hydrogen (secondary N) is 5. The van der Waals surface area contributed by atoms with Gasteiger partial charge in [0.25, 0.3) is 27.8 Å². The monoisotopic (exact) mass is 2080 g/mol. The molecule has 0 saturated carbocycles. The molecule has 0 bridgehead atoms. The van der Waals surface area contributed by atoms with Gasteiger partial charge in [0, 0.05) is 55.7 Å². The summed E-state index contributed by atoms with van der Waals surface area (Å²) in [5.74, 6) is -1.61. The second-order valence-electron chi connectivity index (χ2n) is 32.3. The molecule has 13 aromatic rings. The smallest absolute Gasteiger partial charge is 0.403 e. The first-order valence-electron chi connectivity index (χ1n) is 41.7. The van der Waals surface area contributed by atoms with Crippen LogP contribution in [0.5, 0.6) is 5.75 Å². The van der Waals surface area contributed by atoms with Gasteiger partial charge in [-0.2, -0.15) is 19.9 Å². The summed E-state index contributed by atoms with van der Waals surface area (Å²) in [7, 11) is -33.1. The fourth-order valence-corrected chi connectivity index (χ4v) is 22.2. The predicted octanol–water partition coefficient (Wildman–Crippen LogP) is 0.0748. The number of phosphoric acid groups is 6. The number of aromatic amines is 5. The molecule has 6 aliphatic rings. The molecule has 64 nitrogen and oxygen atoms in total. The van der Waals surface area contributed by atoms with Crippen LogP contribution in [-0.4, -0.2) is 255 Å². The van der Waals surface area contributed by atoms with Gasteiger partial charge in [0.2, 0.25) is 23.8 Å². The number of anilines is 5. The molecular weight excluding hydrogens is 2000 g/mol. The van der Waals surface area contributed by atoms with E-state index in [1.165, 1.54) is 34.8 Å². The van der Waals surface area contributed by atoms with Crippen molar-refractivity contribution in [3.05, 3.63) is 154 Å². The first-order valence-corrected chi connectivity index (χ1v) is 50.6. The number of aromatic nitrogens is 22. The number of benzene rings is 2. The standard InChI is InChI=1S/C70H81N27O37P6/c1-28-15-92(70(104)91-61(28)99)45-10-33(39(124-45)17-118-135(105,106)129-32-8-4-6-29-5-2-3-7-30(29)32)130-137(109,110)120-19-41-35(12-47(126-41)95-25-80-52-58(95)84-67(73)88-63(52)101)133-139(113,114)122-21-43-37(14-49(128-43)97-27-82-54-60(97)86-69(75)90-65(54)103)134-140(115,116)121-20-42-36(13-48(127-42)96-26-81-53-59(96)85-68(74)89-64(53)102)132-138(111,112)119-18-40-34(11-46(125-40)93-23-78-50-55(71)76-22-77-56(50)93)131-136(107,108)117-16-38-31(98)9-44(123-38)94-24-79-51-57(94)83-66(72)87-62(51)100/h2-8,15,22-27,31,33-49,98H,9-14,16-21H2,1H3,(H,105,106)(H,107,108)(H,109,110)(H,111,112)(H,113,114)(H,115,116)(H2,71,76,77)(H,91,99,104)(H3,72,83,87,100)(H3,73,84,88,101)(H3,74,85,89,102)(H3,75,86,90,103)/t31-,33-,34-,35-,36-,37-,38+,39+,40+,41+,42+,43+,44+,45+,46+,47+,48+,49+/m0/s1. The van der Waals surface area contributed by atoms with E-state index < -0.39 is 274 Å². The SMILES string of the molecule is Cc1cn([C@H]2C[C@H](OP(=O)(O)OC[C@H]3O[C@@H](n4cnc5c(=O)[nH]c(N)nc54)C[C@@H]3OP(=O)(O)OC[C@H]3O[C@@H](n4cnc5c(=O)[nH]c(N)nc54)C[C@@H]3OP(=O)(O)OC[C@H]3O[C@@H](n4cnc5c(=O)[nH]c(N)nc54)C[C@@H]3OP(=O)(O)OC[C@H]3O[C@@H](n4cnc5c(N)ncnc54)C[C@@H]3OP(=O)(O)OC[C@H]3O[C@@H](n4cnc5c(=O)[nH]c(N)nc54)C[C@@H]3O)[C@@H](COP(=O)(O)Oc3cccc4ccccc34)O2)c(=O)[nH]c1=O. The zero-order chi connectivity index (χ0) is 98.7. The van der Waals surface area contributed by atoms with Crippen molar-refractivity contribution in [2.75, 3.05) is 68.3 Å². The molecule has 6 fully saturated rings. The Bertz CT molecular complexity index is 7680. The number of fused-ring (bicyclic) bond motifs is 6. The Morgan fingerprint density at radius 1 is 0.364 bits per heavy atom. The van der Waals surface area contributed by atoms with Gasteiger partial charge < -0.3 is 91.2 Å². The molecule has 6 unspecified atom stereocenters. The number of aliphatic hydroxyl groups excluding tert-OH is 1. The van der Waals surface area contributed by atoms with Crippen molar-refractivity contribution < 1.29 is 145 Å². The summed E-state index contributed by atoms with van der Waals surface area (Å²) < 4.78 is 197. The molecule has 0 spiro atoms. The van der Waals surface area contributed by atoms with E-state index in [9.17, 15) is 90.6 Å². The molecule has 24 atom stereocenters. The van der Waals surface area contributed by atoms with E-state index in [1.54, 1.807) is 36.4 Å². The lowest BCUT2D eigenvalue weighted by Gasteiger charge is -2.26. The molecule has 0 radical (unpaired) electrons. The maximum Gasteiger partial charge on any atom is 0.527 e. The molecule has 2 aromatic carbocycles. The Labute approximate surface area is 776 Å². The van der Waals surface area contributed by atoms with E-state index in [1.807, 2.05) is 0 Å². The summed E-state index contributed by atoms with van der Waals surface area (Å²) in [5.41, 5.74) is 23.3. The highest BCUT2D eigenvalue weighted by molar-refractivity contribution is 7.49. The van der Waals surface area contributed by atoms with Crippen molar-refractivity contribution in [2.45, 2.75) is 156 Å². The number of nitrogens with two attached hydrogens (primary N) is 5. The van der Waals surface area contributed by atoms with E-state index in [4.69, 9.17) is 111 Å².